The van der Waals surface area contributed by atoms with Crippen LogP contribution in [0.15, 0.2) is 30.0 Å². The SMILES string of the molecule is CC(=O)N/C(=C/c1ccc(Cl)cc1)C(=O)N1CC[NH2+]CC1. The number of rotatable bonds is 3. The number of quaternary nitrogens is 1. The average Bonchev–Trinajstić information content (AvgIpc) is 2.48. The molecular formula is C15H19ClN3O2+. The van der Waals surface area contributed by atoms with Crippen LogP contribution < -0.4 is 10.6 Å². The third-order valence-corrected chi connectivity index (χ3v) is 3.47. The van der Waals surface area contributed by atoms with Crippen molar-refractivity contribution in [3.8, 4) is 0 Å². The van der Waals surface area contributed by atoms with Crippen molar-refractivity contribution in [2.75, 3.05) is 26.2 Å². The number of nitrogens with zero attached hydrogens (tertiary/aromatic N) is 1. The lowest BCUT2D eigenvalue weighted by Gasteiger charge is -2.26. The molecular weight excluding hydrogens is 290 g/mol. The second-order valence-corrected chi connectivity index (χ2v) is 5.39. The zero-order chi connectivity index (χ0) is 15.2. The summed E-state index contributed by atoms with van der Waals surface area (Å²) in [5.41, 5.74) is 1.12. The number of nitrogens with two attached hydrogens (primary N) is 1. The molecule has 1 heterocycles. The molecule has 1 aromatic carbocycles. The van der Waals surface area contributed by atoms with Crippen molar-refractivity contribution in [2.24, 2.45) is 0 Å². The van der Waals surface area contributed by atoms with Gasteiger partial charge in [-0.25, -0.2) is 0 Å². The highest BCUT2D eigenvalue weighted by Gasteiger charge is 2.22. The summed E-state index contributed by atoms with van der Waals surface area (Å²) in [5, 5.41) is 5.43. The topological polar surface area (TPSA) is 66.0 Å². The monoisotopic (exact) mass is 308 g/mol. The van der Waals surface area contributed by atoms with Crippen LogP contribution in [0.1, 0.15) is 12.5 Å². The number of carbonyl (C=O) groups excluding carboxylic acids is 2. The maximum atomic E-state index is 12.5. The third-order valence-electron chi connectivity index (χ3n) is 3.22. The van der Waals surface area contributed by atoms with Gasteiger partial charge in [0.25, 0.3) is 5.91 Å². The predicted octanol–water partition coefficient (Wildman–Crippen LogP) is 0.223. The molecule has 0 atom stereocenters. The molecule has 6 heteroatoms. The third kappa shape index (κ3) is 4.58. The van der Waals surface area contributed by atoms with Gasteiger partial charge in [0, 0.05) is 11.9 Å². The van der Waals surface area contributed by atoms with Crippen LogP contribution in [0.5, 0.6) is 0 Å². The molecule has 0 aromatic heterocycles. The van der Waals surface area contributed by atoms with Crippen molar-refractivity contribution in [1.82, 2.24) is 10.2 Å². The molecule has 1 aromatic rings. The number of piperazine rings is 1. The molecule has 1 aliphatic rings. The number of amides is 2. The van der Waals surface area contributed by atoms with E-state index in [1.807, 2.05) is 0 Å². The summed E-state index contributed by atoms with van der Waals surface area (Å²) in [6.45, 7) is 4.56. The molecule has 2 amide bonds. The molecule has 0 spiro atoms. The lowest BCUT2D eigenvalue weighted by molar-refractivity contribution is -0.662. The Morgan fingerprint density at radius 3 is 2.43 bits per heavy atom. The number of benzene rings is 1. The van der Waals surface area contributed by atoms with Crippen LogP contribution in [0.3, 0.4) is 0 Å². The van der Waals surface area contributed by atoms with Gasteiger partial charge >= 0.3 is 0 Å². The summed E-state index contributed by atoms with van der Waals surface area (Å²) < 4.78 is 0. The van der Waals surface area contributed by atoms with Crippen molar-refractivity contribution in [2.45, 2.75) is 6.92 Å². The first-order chi connectivity index (χ1) is 10.1. The van der Waals surface area contributed by atoms with Gasteiger partial charge in [0.05, 0.1) is 26.2 Å². The summed E-state index contributed by atoms with van der Waals surface area (Å²) in [7, 11) is 0. The van der Waals surface area contributed by atoms with Crippen LogP contribution in [0, 0.1) is 0 Å². The van der Waals surface area contributed by atoms with Gasteiger partial charge in [0.2, 0.25) is 5.91 Å². The molecule has 21 heavy (non-hydrogen) atoms. The number of hydrogen-bond acceptors (Lipinski definition) is 2. The van der Waals surface area contributed by atoms with Crippen molar-refractivity contribution in [3.05, 3.63) is 40.5 Å². The second kappa shape index (κ2) is 7.24. The van der Waals surface area contributed by atoms with E-state index >= 15 is 0 Å². The van der Waals surface area contributed by atoms with E-state index in [2.05, 4.69) is 10.6 Å². The van der Waals surface area contributed by atoms with Crippen LogP contribution in [-0.2, 0) is 9.59 Å². The van der Waals surface area contributed by atoms with Crippen molar-refractivity contribution in [1.29, 1.82) is 0 Å². The van der Waals surface area contributed by atoms with Gasteiger partial charge in [-0.15, -0.1) is 0 Å². The van der Waals surface area contributed by atoms with Crippen LogP contribution in [0.2, 0.25) is 5.02 Å². The fourth-order valence-corrected chi connectivity index (χ4v) is 2.32. The van der Waals surface area contributed by atoms with E-state index in [1.165, 1.54) is 6.92 Å². The maximum Gasteiger partial charge on any atom is 0.270 e. The van der Waals surface area contributed by atoms with E-state index in [9.17, 15) is 9.59 Å². The number of carbonyl (C=O) groups is 2. The molecule has 2 rings (SSSR count). The van der Waals surface area contributed by atoms with E-state index in [-0.39, 0.29) is 11.8 Å². The van der Waals surface area contributed by atoms with Gasteiger partial charge in [-0.3, -0.25) is 9.59 Å². The molecule has 1 aliphatic heterocycles. The summed E-state index contributed by atoms with van der Waals surface area (Å²) in [6.07, 6.45) is 1.68. The molecule has 1 saturated heterocycles. The number of nitrogens with one attached hydrogen (secondary N) is 1. The smallest absolute Gasteiger partial charge is 0.270 e. The Morgan fingerprint density at radius 1 is 1.24 bits per heavy atom. The Morgan fingerprint density at radius 2 is 1.86 bits per heavy atom. The quantitative estimate of drug-likeness (QED) is 0.785. The first-order valence-electron chi connectivity index (χ1n) is 6.92. The molecule has 3 N–H and O–H groups in total. The summed E-state index contributed by atoms with van der Waals surface area (Å²) in [5.74, 6) is -0.402. The van der Waals surface area contributed by atoms with Crippen molar-refractivity contribution < 1.29 is 14.9 Å². The average molecular weight is 309 g/mol. The molecule has 0 bridgehead atoms. The van der Waals surface area contributed by atoms with Crippen LogP contribution in [0.25, 0.3) is 6.08 Å². The number of hydrogen-bond donors (Lipinski definition) is 2. The highest BCUT2D eigenvalue weighted by molar-refractivity contribution is 6.30. The van der Waals surface area contributed by atoms with E-state index < -0.39 is 0 Å². The number of halogens is 1. The first-order valence-corrected chi connectivity index (χ1v) is 7.30. The molecule has 112 valence electrons. The van der Waals surface area contributed by atoms with Crippen molar-refractivity contribution >= 4 is 29.5 Å². The summed E-state index contributed by atoms with van der Waals surface area (Å²) in [4.78, 5) is 25.6. The van der Waals surface area contributed by atoms with Gasteiger partial charge in [0.15, 0.2) is 0 Å². The van der Waals surface area contributed by atoms with Crippen LogP contribution in [-0.4, -0.2) is 42.9 Å². The minimum atomic E-state index is -0.257. The van der Waals surface area contributed by atoms with Gasteiger partial charge in [-0.1, -0.05) is 23.7 Å². The first kappa shape index (κ1) is 15.5. The van der Waals surface area contributed by atoms with E-state index in [4.69, 9.17) is 11.6 Å². The van der Waals surface area contributed by atoms with E-state index in [0.29, 0.717) is 23.8 Å². The Hall–Kier alpha value is -1.85. The second-order valence-electron chi connectivity index (χ2n) is 4.95. The van der Waals surface area contributed by atoms with Crippen LogP contribution >= 0.6 is 11.6 Å². The maximum absolute atomic E-state index is 12.5. The lowest BCUT2D eigenvalue weighted by atomic mass is 10.1. The minimum absolute atomic E-state index is 0.145. The Bertz CT molecular complexity index is 549. The van der Waals surface area contributed by atoms with Crippen LogP contribution in [0.4, 0.5) is 0 Å². The largest absolute Gasteiger partial charge is 0.343 e. The Balaban J connectivity index is 2.22. The van der Waals surface area contributed by atoms with Gasteiger partial charge in [-0.05, 0) is 23.8 Å². The standard InChI is InChI=1S/C15H18ClN3O2/c1-11(20)18-14(10-12-2-4-13(16)5-3-12)15(21)19-8-6-17-7-9-19/h2-5,10,17H,6-9H2,1H3,(H,18,20)/p+1/b14-10+. The minimum Gasteiger partial charge on any atom is -0.343 e. The molecule has 0 radical (unpaired) electrons. The highest BCUT2D eigenvalue weighted by atomic mass is 35.5. The summed E-state index contributed by atoms with van der Waals surface area (Å²) in [6, 6.07) is 7.11. The van der Waals surface area contributed by atoms with Crippen molar-refractivity contribution in [3.63, 3.8) is 0 Å². The Kier molecular flexibility index (Phi) is 5.36. The van der Waals surface area contributed by atoms with Gasteiger partial charge in [0.1, 0.15) is 5.70 Å². The van der Waals surface area contributed by atoms with Gasteiger partial charge in [-0.2, -0.15) is 0 Å². The van der Waals surface area contributed by atoms with E-state index in [0.717, 1.165) is 18.7 Å². The lowest BCUT2D eigenvalue weighted by Crippen LogP contribution is -2.90. The Labute approximate surface area is 129 Å². The van der Waals surface area contributed by atoms with E-state index in [1.54, 1.807) is 35.2 Å². The molecule has 0 saturated carbocycles. The molecule has 5 nitrogen and oxygen atoms in total. The summed E-state index contributed by atoms with van der Waals surface area (Å²) >= 11 is 5.85. The zero-order valence-electron chi connectivity index (χ0n) is 11.9. The zero-order valence-corrected chi connectivity index (χ0v) is 12.7. The normalized spacial score (nSPS) is 15.7. The highest BCUT2D eigenvalue weighted by Crippen LogP contribution is 2.13. The molecule has 0 unspecified atom stereocenters. The molecule has 1 fully saturated rings. The fourth-order valence-electron chi connectivity index (χ4n) is 2.19. The fraction of sp³-hybridized carbons (Fsp3) is 0.333. The van der Waals surface area contributed by atoms with Gasteiger partial charge < -0.3 is 15.5 Å². The predicted molar refractivity (Wildman–Crippen MR) is 81.5 cm³/mol. The molecule has 0 aliphatic carbocycles.